The summed E-state index contributed by atoms with van der Waals surface area (Å²) in [6.07, 6.45) is -0.332. The van der Waals surface area contributed by atoms with Crippen molar-refractivity contribution in [3.05, 3.63) is 23.0 Å². The van der Waals surface area contributed by atoms with Crippen molar-refractivity contribution in [3.63, 3.8) is 0 Å². The summed E-state index contributed by atoms with van der Waals surface area (Å²) in [5.41, 5.74) is 2.49. The zero-order valence-corrected chi connectivity index (χ0v) is 18.4. The van der Waals surface area contributed by atoms with Gasteiger partial charge in [-0.15, -0.1) is 0 Å². The van der Waals surface area contributed by atoms with E-state index in [4.69, 9.17) is 9.72 Å². The average Bonchev–Trinajstić information content (AvgIpc) is 2.93. The van der Waals surface area contributed by atoms with Crippen molar-refractivity contribution in [1.82, 2.24) is 24.6 Å². The number of carbonyl (C=O) groups is 2. The van der Waals surface area contributed by atoms with E-state index in [1.165, 1.54) is 0 Å². The van der Waals surface area contributed by atoms with Gasteiger partial charge < -0.3 is 14.5 Å². The number of amides is 2. The monoisotopic (exact) mass is 401 g/mol. The summed E-state index contributed by atoms with van der Waals surface area (Å²) in [4.78, 5) is 33.8. The topological polar surface area (TPSA) is 80.6 Å². The molecule has 158 valence electrons. The maximum atomic E-state index is 13.4. The number of hydrogen-bond acceptors (Lipinski definition) is 5. The van der Waals surface area contributed by atoms with Crippen LogP contribution in [-0.2, 0) is 11.8 Å². The number of aryl methyl sites for hydroxylation is 2. The van der Waals surface area contributed by atoms with Crippen molar-refractivity contribution < 1.29 is 14.3 Å². The van der Waals surface area contributed by atoms with Gasteiger partial charge in [0, 0.05) is 38.9 Å². The van der Waals surface area contributed by atoms with Crippen LogP contribution < -0.4 is 0 Å². The summed E-state index contributed by atoms with van der Waals surface area (Å²) in [7, 11) is 1.85. The predicted octanol–water partition coefficient (Wildman–Crippen LogP) is 3.09. The molecule has 0 aromatic carbocycles. The van der Waals surface area contributed by atoms with Crippen LogP contribution in [0.2, 0.25) is 0 Å². The number of ether oxygens (including phenoxy) is 1. The minimum Gasteiger partial charge on any atom is -0.444 e. The van der Waals surface area contributed by atoms with Crippen LogP contribution in [-0.4, -0.2) is 68.3 Å². The van der Waals surface area contributed by atoms with Crippen LogP contribution in [0.15, 0.2) is 6.07 Å². The molecule has 29 heavy (non-hydrogen) atoms. The summed E-state index contributed by atoms with van der Waals surface area (Å²) in [5, 5.41) is 5.26. The van der Waals surface area contributed by atoms with Crippen molar-refractivity contribution in [2.75, 3.05) is 26.2 Å². The Morgan fingerprint density at radius 1 is 1.10 bits per heavy atom. The fraction of sp³-hybridized carbons (Fsp3) is 0.619. The first-order valence-electron chi connectivity index (χ1n) is 10.1. The fourth-order valence-electron chi connectivity index (χ4n) is 3.52. The second-order valence-corrected chi connectivity index (χ2v) is 8.92. The standard InChI is InChI=1S/C21H31N5O3/c1-13(2)16-12-15(17-14(3)23-24(7)18(17)22-16)19(27)25-8-10-26(11-9-25)20(28)29-21(4,5)6/h12-13H,8-11H2,1-7H3. The van der Waals surface area contributed by atoms with Crippen molar-refractivity contribution in [2.45, 2.75) is 53.1 Å². The van der Waals surface area contributed by atoms with Gasteiger partial charge >= 0.3 is 6.09 Å². The molecule has 1 fully saturated rings. The van der Waals surface area contributed by atoms with E-state index in [-0.39, 0.29) is 17.9 Å². The Morgan fingerprint density at radius 2 is 1.69 bits per heavy atom. The van der Waals surface area contributed by atoms with E-state index in [2.05, 4.69) is 18.9 Å². The van der Waals surface area contributed by atoms with Gasteiger partial charge in [-0.05, 0) is 39.7 Å². The molecule has 8 nitrogen and oxygen atoms in total. The number of carbonyl (C=O) groups excluding carboxylic acids is 2. The molecule has 0 bridgehead atoms. The Labute approximate surface area is 171 Å². The summed E-state index contributed by atoms with van der Waals surface area (Å²) in [6.45, 7) is 13.4. The minimum atomic E-state index is -0.530. The lowest BCUT2D eigenvalue weighted by Crippen LogP contribution is -2.51. The molecule has 0 atom stereocenters. The summed E-state index contributed by atoms with van der Waals surface area (Å²) >= 11 is 0. The maximum absolute atomic E-state index is 13.4. The van der Waals surface area contributed by atoms with Gasteiger partial charge in [0.1, 0.15) is 5.60 Å². The second kappa shape index (κ2) is 7.65. The molecule has 0 unspecified atom stereocenters. The highest BCUT2D eigenvalue weighted by molar-refractivity contribution is 6.06. The van der Waals surface area contributed by atoms with Crippen LogP contribution in [0.4, 0.5) is 4.79 Å². The SMILES string of the molecule is Cc1nn(C)c2nc(C(C)C)cc(C(=O)N3CCN(C(=O)OC(C)(C)C)CC3)c12. The molecular weight excluding hydrogens is 370 g/mol. The number of nitrogens with zero attached hydrogens (tertiary/aromatic N) is 5. The highest BCUT2D eigenvalue weighted by atomic mass is 16.6. The van der Waals surface area contributed by atoms with Gasteiger partial charge in [-0.25, -0.2) is 9.78 Å². The molecule has 0 N–H and O–H groups in total. The highest BCUT2D eigenvalue weighted by Crippen LogP contribution is 2.26. The normalized spacial score (nSPS) is 15.3. The number of fused-ring (bicyclic) bond motifs is 1. The van der Waals surface area contributed by atoms with Crippen LogP contribution in [0.25, 0.3) is 11.0 Å². The second-order valence-electron chi connectivity index (χ2n) is 8.92. The molecule has 2 aromatic heterocycles. The van der Waals surface area contributed by atoms with Crippen molar-refractivity contribution in [2.24, 2.45) is 7.05 Å². The Morgan fingerprint density at radius 3 is 2.24 bits per heavy atom. The van der Waals surface area contributed by atoms with Crippen LogP contribution in [0.3, 0.4) is 0 Å². The molecule has 8 heteroatoms. The first-order valence-corrected chi connectivity index (χ1v) is 10.1. The third-order valence-electron chi connectivity index (χ3n) is 5.03. The molecule has 1 aliphatic heterocycles. The van der Waals surface area contributed by atoms with E-state index in [0.29, 0.717) is 31.7 Å². The average molecular weight is 402 g/mol. The van der Waals surface area contributed by atoms with Crippen molar-refractivity contribution in [1.29, 1.82) is 0 Å². The lowest BCUT2D eigenvalue weighted by atomic mass is 10.0. The van der Waals surface area contributed by atoms with Gasteiger partial charge in [-0.3, -0.25) is 9.48 Å². The molecule has 0 spiro atoms. The van der Waals surface area contributed by atoms with E-state index in [1.54, 1.807) is 14.5 Å². The molecule has 3 rings (SSSR count). The third kappa shape index (κ3) is 4.36. The van der Waals surface area contributed by atoms with Gasteiger partial charge in [0.2, 0.25) is 0 Å². The first-order chi connectivity index (χ1) is 13.5. The smallest absolute Gasteiger partial charge is 0.410 e. The molecular formula is C21H31N5O3. The molecule has 3 heterocycles. The molecule has 0 aliphatic carbocycles. The van der Waals surface area contributed by atoms with Gasteiger partial charge in [0.15, 0.2) is 5.65 Å². The molecule has 2 amide bonds. The number of hydrogen-bond donors (Lipinski definition) is 0. The van der Waals surface area contributed by atoms with Crippen molar-refractivity contribution >= 4 is 23.0 Å². The summed E-state index contributed by atoms with van der Waals surface area (Å²) < 4.78 is 7.17. The number of rotatable bonds is 2. The predicted molar refractivity (Wildman–Crippen MR) is 111 cm³/mol. The van der Waals surface area contributed by atoms with Gasteiger partial charge in [0.05, 0.1) is 16.6 Å². The quantitative estimate of drug-likeness (QED) is 0.772. The van der Waals surface area contributed by atoms with E-state index < -0.39 is 5.60 Å². The van der Waals surface area contributed by atoms with E-state index >= 15 is 0 Å². The fourth-order valence-corrected chi connectivity index (χ4v) is 3.52. The Balaban J connectivity index is 1.83. The zero-order chi connectivity index (χ0) is 21.5. The van der Waals surface area contributed by atoms with Crippen LogP contribution in [0.5, 0.6) is 0 Å². The third-order valence-corrected chi connectivity index (χ3v) is 5.03. The van der Waals surface area contributed by atoms with Crippen LogP contribution in [0, 0.1) is 6.92 Å². The molecule has 0 saturated carbocycles. The van der Waals surface area contributed by atoms with Crippen LogP contribution in [0.1, 0.15) is 62.3 Å². The van der Waals surface area contributed by atoms with Gasteiger partial charge in [-0.1, -0.05) is 13.8 Å². The van der Waals surface area contributed by atoms with Crippen LogP contribution >= 0.6 is 0 Å². The van der Waals surface area contributed by atoms with E-state index in [1.807, 2.05) is 40.8 Å². The Bertz CT molecular complexity index is 934. The summed E-state index contributed by atoms with van der Waals surface area (Å²) in [6, 6.07) is 1.89. The van der Waals surface area contributed by atoms with Gasteiger partial charge in [-0.2, -0.15) is 5.10 Å². The van der Waals surface area contributed by atoms with Gasteiger partial charge in [0.25, 0.3) is 5.91 Å². The van der Waals surface area contributed by atoms with E-state index in [9.17, 15) is 9.59 Å². The molecule has 0 radical (unpaired) electrons. The largest absolute Gasteiger partial charge is 0.444 e. The number of aromatic nitrogens is 3. The highest BCUT2D eigenvalue weighted by Gasteiger charge is 2.30. The number of piperazine rings is 1. The zero-order valence-electron chi connectivity index (χ0n) is 18.4. The van der Waals surface area contributed by atoms with E-state index in [0.717, 1.165) is 22.4 Å². The summed E-state index contributed by atoms with van der Waals surface area (Å²) in [5.74, 6) is 0.157. The molecule has 1 aliphatic rings. The molecule has 2 aromatic rings. The minimum absolute atomic E-state index is 0.0424. The number of pyridine rings is 1. The van der Waals surface area contributed by atoms with Crippen molar-refractivity contribution in [3.8, 4) is 0 Å². The maximum Gasteiger partial charge on any atom is 0.410 e. The Kier molecular flexibility index (Phi) is 5.56. The lowest BCUT2D eigenvalue weighted by molar-refractivity contribution is 0.0141. The lowest BCUT2D eigenvalue weighted by Gasteiger charge is -2.35. The molecule has 1 saturated heterocycles. The Hall–Kier alpha value is -2.64. The first kappa shape index (κ1) is 21.1.